The zero-order valence-electron chi connectivity index (χ0n) is 14.6. The van der Waals surface area contributed by atoms with Crippen LogP contribution in [0.4, 0.5) is 0 Å². The van der Waals surface area contributed by atoms with Crippen LogP contribution in [0, 0.1) is 24.7 Å². The van der Waals surface area contributed by atoms with Crippen LogP contribution in [0.15, 0.2) is 17.5 Å². The summed E-state index contributed by atoms with van der Waals surface area (Å²) in [5.74, 6) is 2.78. The number of nitrogens with zero attached hydrogens (tertiary/aromatic N) is 1. The molecule has 2 heterocycles. The first kappa shape index (κ1) is 16.0. The average molecular weight is 373 g/mol. The zero-order valence-corrected chi connectivity index (χ0v) is 16.2. The van der Waals surface area contributed by atoms with E-state index in [1.165, 1.54) is 43.4 Å². The highest BCUT2D eigenvalue weighted by molar-refractivity contribution is 7.15. The number of carbonyl (C=O) groups excluding carboxylic acids is 1. The molecule has 6 rings (SSSR count). The Balaban J connectivity index is 1.33. The van der Waals surface area contributed by atoms with Gasteiger partial charge in [-0.1, -0.05) is 6.07 Å². The largest absolute Gasteiger partial charge is 0.350 e. The summed E-state index contributed by atoms with van der Waals surface area (Å²) in [4.78, 5) is 19.9. The van der Waals surface area contributed by atoms with E-state index in [1.54, 1.807) is 22.7 Å². The summed E-state index contributed by atoms with van der Waals surface area (Å²) in [5.41, 5.74) is 1.12. The number of thiophene rings is 1. The summed E-state index contributed by atoms with van der Waals surface area (Å²) in [6, 6.07) is 4.15. The van der Waals surface area contributed by atoms with Crippen molar-refractivity contribution in [3.8, 4) is 10.6 Å². The van der Waals surface area contributed by atoms with E-state index in [0.29, 0.717) is 6.42 Å². The topological polar surface area (TPSA) is 42.0 Å². The molecule has 2 aromatic heterocycles. The summed E-state index contributed by atoms with van der Waals surface area (Å²) in [5, 5.41) is 6.61. The second kappa shape index (κ2) is 5.92. The van der Waals surface area contributed by atoms with Gasteiger partial charge in [0.15, 0.2) is 0 Å². The molecular formula is C20H24N2OS2. The van der Waals surface area contributed by atoms with Gasteiger partial charge in [0.25, 0.3) is 0 Å². The minimum atomic E-state index is 0.106. The average Bonchev–Trinajstić information content (AvgIpc) is 3.14. The Morgan fingerprint density at radius 1 is 1.24 bits per heavy atom. The van der Waals surface area contributed by atoms with E-state index in [-0.39, 0.29) is 11.4 Å². The van der Waals surface area contributed by atoms with Crippen LogP contribution in [0.3, 0.4) is 0 Å². The van der Waals surface area contributed by atoms with E-state index in [4.69, 9.17) is 0 Å². The lowest BCUT2D eigenvalue weighted by Gasteiger charge is -2.56. The number of carbonyl (C=O) groups is 1. The Kier molecular flexibility index (Phi) is 3.79. The van der Waals surface area contributed by atoms with E-state index in [0.717, 1.165) is 33.3 Å². The number of aryl methyl sites for hydroxylation is 1. The number of hydrogen-bond donors (Lipinski definition) is 1. The molecule has 0 spiro atoms. The van der Waals surface area contributed by atoms with Crippen molar-refractivity contribution in [2.24, 2.45) is 17.8 Å². The van der Waals surface area contributed by atoms with Crippen molar-refractivity contribution in [3.05, 3.63) is 27.4 Å². The van der Waals surface area contributed by atoms with Gasteiger partial charge in [0.05, 0.1) is 22.0 Å². The van der Waals surface area contributed by atoms with Gasteiger partial charge in [-0.15, -0.1) is 22.7 Å². The molecule has 4 saturated carbocycles. The fourth-order valence-electron chi connectivity index (χ4n) is 5.94. The highest BCUT2D eigenvalue weighted by Gasteiger charge is 2.51. The van der Waals surface area contributed by atoms with Crippen molar-refractivity contribution >= 4 is 28.6 Å². The molecule has 2 aromatic rings. The Hall–Kier alpha value is -1.20. The fourth-order valence-corrected chi connectivity index (χ4v) is 7.70. The standard InChI is InChI=1S/C20H24N2OS2/c1-12-21-19(16-3-2-4-24-16)17(25-12)8-18(23)22-20-9-13-5-14(10-20)7-15(6-13)11-20/h2-4,13-15H,5-11H2,1H3,(H,22,23). The van der Waals surface area contributed by atoms with E-state index >= 15 is 0 Å². The number of nitrogens with one attached hydrogen (secondary N) is 1. The molecule has 1 amide bonds. The molecule has 4 bridgehead atoms. The van der Waals surface area contributed by atoms with Gasteiger partial charge in [0.1, 0.15) is 0 Å². The van der Waals surface area contributed by atoms with Crippen molar-refractivity contribution in [2.45, 2.75) is 57.4 Å². The van der Waals surface area contributed by atoms with Crippen molar-refractivity contribution < 1.29 is 4.79 Å². The first-order valence-electron chi connectivity index (χ1n) is 9.40. The minimum Gasteiger partial charge on any atom is -0.350 e. The number of hydrogen-bond acceptors (Lipinski definition) is 4. The molecule has 0 aromatic carbocycles. The third-order valence-corrected chi connectivity index (χ3v) is 8.17. The summed E-state index contributed by atoms with van der Waals surface area (Å²) < 4.78 is 0. The van der Waals surface area contributed by atoms with Crippen molar-refractivity contribution in [1.82, 2.24) is 10.3 Å². The van der Waals surface area contributed by atoms with Crippen molar-refractivity contribution in [3.63, 3.8) is 0 Å². The van der Waals surface area contributed by atoms with Crippen LogP contribution in [0.2, 0.25) is 0 Å². The molecule has 4 fully saturated rings. The van der Waals surface area contributed by atoms with Gasteiger partial charge in [-0.25, -0.2) is 4.98 Å². The first-order chi connectivity index (χ1) is 12.1. The predicted octanol–water partition coefficient (Wildman–Crippen LogP) is 4.81. The van der Waals surface area contributed by atoms with Crippen LogP contribution in [-0.2, 0) is 11.2 Å². The smallest absolute Gasteiger partial charge is 0.225 e. The van der Waals surface area contributed by atoms with Gasteiger partial charge in [0, 0.05) is 10.4 Å². The Morgan fingerprint density at radius 2 is 1.92 bits per heavy atom. The van der Waals surface area contributed by atoms with Gasteiger partial charge < -0.3 is 5.32 Å². The molecule has 132 valence electrons. The van der Waals surface area contributed by atoms with E-state index in [9.17, 15) is 4.79 Å². The molecule has 0 atom stereocenters. The molecule has 25 heavy (non-hydrogen) atoms. The summed E-state index contributed by atoms with van der Waals surface area (Å²) in [6.07, 6.45) is 8.34. The maximum atomic E-state index is 12.9. The number of thiazole rings is 1. The normalized spacial score (nSPS) is 32.9. The lowest BCUT2D eigenvalue weighted by atomic mass is 9.53. The molecule has 5 heteroatoms. The van der Waals surface area contributed by atoms with Gasteiger partial charge in [0.2, 0.25) is 5.91 Å². The number of aromatic nitrogens is 1. The number of rotatable bonds is 4. The first-order valence-corrected chi connectivity index (χ1v) is 11.1. The minimum absolute atomic E-state index is 0.106. The van der Waals surface area contributed by atoms with Gasteiger partial charge in [-0.3, -0.25) is 4.79 Å². The summed E-state index contributed by atoms with van der Waals surface area (Å²) in [6.45, 7) is 2.03. The van der Waals surface area contributed by atoms with E-state index in [2.05, 4.69) is 21.7 Å². The van der Waals surface area contributed by atoms with Crippen LogP contribution >= 0.6 is 22.7 Å². The maximum absolute atomic E-state index is 12.9. The Labute approximate surface area is 156 Å². The predicted molar refractivity (Wildman–Crippen MR) is 103 cm³/mol. The second-order valence-corrected chi connectivity index (χ2v) is 10.6. The molecule has 0 unspecified atom stereocenters. The maximum Gasteiger partial charge on any atom is 0.225 e. The van der Waals surface area contributed by atoms with Crippen LogP contribution in [0.5, 0.6) is 0 Å². The summed E-state index contributed by atoms with van der Waals surface area (Å²) >= 11 is 3.37. The van der Waals surface area contributed by atoms with Crippen LogP contribution in [0.1, 0.15) is 48.4 Å². The number of amides is 1. The molecule has 0 saturated heterocycles. The molecular weight excluding hydrogens is 348 g/mol. The molecule has 0 radical (unpaired) electrons. The van der Waals surface area contributed by atoms with E-state index in [1.807, 2.05) is 13.0 Å². The SMILES string of the molecule is Cc1nc(-c2cccs2)c(CC(=O)NC23CC4CC(CC(C4)C2)C3)s1. The van der Waals surface area contributed by atoms with Gasteiger partial charge in [-0.05, 0) is 74.6 Å². The third kappa shape index (κ3) is 2.95. The Morgan fingerprint density at radius 3 is 2.52 bits per heavy atom. The van der Waals surface area contributed by atoms with Crippen molar-refractivity contribution in [1.29, 1.82) is 0 Å². The molecule has 4 aliphatic rings. The lowest BCUT2D eigenvalue weighted by molar-refractivity contribution is -0.126. The molecule has 0 aliphatic heterocycles. The lowest BCUT2D eigenvalue weighted by Crippen LogP contribution is -2.60. The monoisotopic (exact) mass is 372 g/mol. The van der Waals surface area contributed by atoms with Gasteiger partial charge >= 0.3 is 0 Å². The second-order valence-electron chi connectivity index (χ2n) is 8.40. The molecule has 3 nitrogen and oxygen atoms in total. The highest BCUT2D eigenvalue weighted by atomic mass is 32.1. The third-order valence-electron chi connectivity index (χ3n) is 6.32. The Bertz CT molecular complexity index is 757. The fraction of sp³-hybridized carbons (Fsp3) is 0.600. The van der Waals surface area contributed by atoms with E-state index < -0.39 is 0 Å². The van der Waals surface area contributed by atoms with Crippen LogP contribution in [0.25, 0.3) is 10.6 Å². The molecule has 4 aliphatic carbocycles. The molecule has 1 N–H and O–H groups in total. The van der Waals surface area contributed by atoms with Crippen LogP contribution in [-0.4, -0.2) is 16.4 Å². The summed E-state index contributed by atoms with van der Waals surface area (Å²) in [7, 11) is 0. The quantitative estimate of drug-likeness (QED) is 0.837. The zero-order chi connectivity index (χ0) is 17.0. The van der Waals surface area contributed by atoms with Crippen molar-refractivity contribution in [2.75, 3.05) is 0 Å². The van der Waals surface area contributed by atoms with Gasteiger partial charge in [-0.2, -0.15) is 0 Å². The highest BCUT2D eigenvalue weighted by Crippen LogP contribution is 2.55. The van der Waals surface area contributed by atoms with Crippen LogP contribution < -0.4 is 5.32 Å².